The average Bonchev–Trinajstić information content (AvgIpc) is 2.65. The number of nitrogens with zero attached hydrogens (tertiary/aromatic N) is 1. The molecule has 0 aromatic rings. The van der Waals surface area contributed by atoms with Gasteiger partial charge < -0.3 is 15.7 Å². The maximum absolute atomic E-state index is 11.7. The van der Waals surface area contributed by atoms with E-state index in [1.54, 1.807) is 0 Å². The highest BCUT2D eigenvalue weighted by Crippen LogP contribution is 2.18. The smallest absolute Gasteiger partial charge is 0.326 e. The molecule has 5 nitrogen and oxygen atoms in total. The molecule has 2 atom stereocenters. The van der Waals surface area contributed by atoms with E-state index in [-0.39, 0.29) is 18.4 Å². The summed E-state index contributed by atoms with van der Waals surface area (Å²) in [6.45, 7) is 2.46. The highest BCUT2D eigenvalue weighted by molar-refractivity contribution is 5.84. The van der Waals surface area contributed by atoms with E-state index in [1.807, 2.05) is 6.92 Å². The van der Waals surface area contributed by atoms with Crippen LogP contribution in [0.1, 0.15) is 32.6 Å². The molecular formula is C10H18N2O3. The van der Waals surface area contributed by atoms with Crippen molar-refractivity contribution in [3.63, 3.8) is 0 Å². The van der Waals surface area contributed by atoms with Gasteiger partial charge in [0.2, 0.25) is 5.91 Å². The Morgan fingerprint density at radius 2 is 2.27 bits per heavy atom. The summed E-state index contributed by atoms with van der Waals surface area (Å²) in [6, 6.07) is -0.797. The zero-order chi connectivity index (χ0) is 11.4. The first-order valence-electron chi connectivity index (χ1n) is 5.34. The monoisotopic (exact) mass is 214 g/mol. The Bertz CT molecular complexity index is 255. The van der Waals surface area contributed by atoms with Crippen LogP contribution >= 0.6 is 0 Å². The van der Waals surface area contributed by atoms with Crippen molar-refractivity contribution in [1.29, 1.82) is 0 Å². The van der Waals surface area contributed by atoms with Gasteiger partial charge in [-0.3, -0.25) is 4.79 Å². The number of hydrogen-bond acceptors (Lipinski definition) is 3. The van der Waals surface area contributed by atoms with Gasteiger partial charge in [0.05, 0.1) is 0 Å². The number of carboxylic acids is 1. The van der Waals surface area contributed by atoms with Crippen molar-refractivity contribution in [1.82, 2.24) is 4.90 Å². The van der Waals surface area contributed by atoms with Gasteiger partial charge in [-0.2, -0.15) is 0 Å². The first kappa shape index (κ1) is 12.0. The summed E-state index contributed by atoms with van der Waals surface area (Å²) in [5, 5.41) is 8.90. The molecule has 0 aromatic heterocycles. The molecule has 1 amide bonds. The third-order valence-electron chi connectivity index (χ3n) is 2.82. The SMILES string of the molecule is CCC(N)CC(=O)N1CCCC1C(=O)O. The highest BCUT2D eigenvalue weighted by atomic mass is 16.4. The lowest BCUT2D eigenvalue weighted by Crippen LogP contribution is -2.42. The molecule has 0 radical (unpaired) electrons. The molecule has 15 heavy (non-hydrogen) atoms. The molecule has 0 bridgehead atoms. The molecular weight excluding hydrogens is 196 g/mol. The Morgan fingerprint density at radius 3 is 2.80 bits per heavy atom. The van der Waals surface area contributed by atoms with Gasteiger partial charge in [0.25, 0.3) is 0 Å². The molecule has 1 aliphatic heterocycles. The van der Waals surface area contributed by atoms with Crippen molar-refractivity contribution in [2.24, 2.45) is 5.73 Å². The molecule has 0 spiro atoms. The number of nitrogens with two attached hydrogens (primary N) is 1. The van der Waals surface area contributed by atoms with Crippen LogP contribution in [0.25, 0.3) is 0 Å². The average molecular weight is 214 g/mol. The summed E-state index contributed by atoms with van der Waals surface area (Å²) in [5.41, 5.74) is 5.67. The summed E-state index contributed by atoms with van der Waals surface area (Å²) in [5.74, 6) is -1.04. The fourth-order valence-corrected chi connectivity index (χ4v) is 1.81. The van der Waals surface area contributed by atoms with E-state index < -0.39 is 12.0 Å². The second kappa shape index (κ2) is 5.11. The van der Waals surface area contributed by atoms with Crippen molar-refractivity contribution in [2.45, 2.75) is 44.7 Å². The summed E-state index contributed by atoms with van der Waals surface area (Å²) < 4.78 is 0. The maximum Gasteiger partial charge on any atom is 0.326 e. The lowest BCUT2D eigenvalue weighted by atomic mass is 10.1. The number of hydrogen-bond donors (Lipinski definition) is 2. The number of aliphatic carboxylic acids is 1. The van der Waals surface area contributed by atoms with Crippen molar-refractivity contribution < 1.29 is 14.7 Å². The minimum Gasteiger partial charge on any atom is -0.480 e. The van der Waals surface area contributed by atoms with Crippen LogP contribution in [0, 0.1) is 0 Å². The highest BCUT2D eigenvalue weighted by Gasteiger charge is 2.33. The summed E-state index contributed by atoms with van der Waals surface area (Å²) in [6.07, 6.45) is 2.31. The Kier molecular flexibility index (Phi) is 4.08. The topological polar surface area (TPSA) is 83.6 Å². The molecule has 5 heteroatoms. The van der Waals surface area contributed by atoms with Crippen LogP contribution in [0.3, 0.4) is 0 Å². The summed E-state index contributed by atoms with van der Waals surface area (Å²) in [4.78, 5) is 24.0. The standard InChI is InChI=1S/C10H18N2O3/c1-2-7(11)6-9(13)12-5-3-4-8(12)10(14)15/h7-8H,2-6,11H2,1H3,(H,14,15). The number of amides is 1. The van der Waals surface area contributed by atoms with Crippen LogP contribution in [0.4, 0.5) is 0 Å². The normalized spacial score (nSPS) is 22.8. The summed E-state index contributed by atoms with van der Waals surface area (Å²) >= 11 is 0. The fraction of sp³-hybridized carbons (Fsp3) is 0.800. The number of rotatable bonds is 4. The maximum atomic E-state index is 11.7. The number of carboxylic acid groups (broad SMARTS) is 1. The van der Waals surface area contributed by atoms with E-state index in [1.165, 1.54) is 4.90 Å². The van der Waals surface area contributed by atoms with Crippen LogP contribution in [-0.4, -0.2) is 40.5 Å². The molecule has 1 rings (SSSR count). The van der Waals surface area contributed by atoms with Crippen LogP contribution in [-0.2, 0) is 9.59 Å². The Morgan fingerprint density at radius 1 is 1.60 bits per heavy atom. The predicted octanol–water partition coefficient (Wildman–Crippen LogP) is 0.189. The molecule has 1 saturated heterocycles. The third kappa shape index (κ3) is 2.92. The van der Waals surface area contributed by atoms with Gasteiger partial charge in [-0.1, -0.05) is 6.92 Å². The van der Waals surface area contributed by atoms with Crippen LogP contribution in [0.15, 0.2) is 0 Å². The number of carbonyl (C=O) groups is 2. The van der Waals surface area contributed by atoms with Crippen LogP contribution in [0.5, 0.6) is 0 Å². The Labute approximate surface area is 89.2 Å². The largest absolute Gasteiger partial charge is 0.480 e. The van der Waals surface area contributed by atoms with E-state index in [9.17, 15) is 9.59 Å². The van der Waals surface area contributed by atoms with E-state index in [0.29, 0.717) is 13.0 Å². The first-order valence-corrected chi connectivity index (χ1v) is 5.34. The minimum absolute atomic E-state index is 0.130. The van der Waals surface area contributed by atoms with Crippen LogP contribution in [0.2, 0.25) is 0 Å². The predicted molar refractivity (Wildman–Crippen MR) is 55.3 cm³/mol. The lowest BCUT2D eigenvalue weighted by molar-refractivity contribution is -0.148. The van der Waals surface area contributed by atoms with Gasteiger partial charge in [-0.15, -0.1) is 0 Å². The second-order valence-corrected chi connectivity index (χ2v) is 3.96. The first-order chi connectivity index (χ1) is 7.06. The van der Waals surface area contributed by atoms with Gasteiger partial charge in [-0.25, -0.2) is 4.79 Å². The van der Waals surface area contributed by atoms with Crippen molar-refractivity contribution in [3.05, 3.63) is 0 Å². The van der Waals surface area contributed by atoms with Gasteiger partial charge in [0.1, 0.15) is 6.04 Å². The molecule has 0 aromatic carbocycles. The third-order valence-corrected chi connectivity index (χ3v) is 2.82. The number of likely N-dealkylation sites (tertiary alicyclic amines) is 1. The molecule has 1 heterocycles. The molecule has 0 aliphatic carbocycles. The van der Waals surface area contributed by atoms with E-state index in [4.69, 9.17) is 10.8 Å². The quantitative estimate of drug-likeness (QED) is 0.699. The number of carbonyl (C=O) groups excluding carboxylic acids is 1. The summed E-state index contributed by atoms with van der Waals surface area (Å²) in [7, 11) is 0. The Balaban J connectivity index is 2.55. The van der Waals surface area contributed by atoms with Crippen molar-refractivity contribution in [3.8, 4) is 0 Å². The Hall–Kier alpha value is -1.10. The van der Waals surface area contributed by atoms with Gasteiger partial charge >= 0.3 is 5.97 Å². The molecule has 3 N–H and O–H groups in total. The zero-order valence-electron chi connectivity index (χ0n) is 8.98. The minimum atomic E-state index is -0.911. The van der Waals surface area contributed by atoms with E-state index in [2.05, 4.69) is 0 Å². The second-order valence-electron chi connectivity index (χ2n) is 3.96. The molecule has 86 valence electrons. The van der Waals surface area contributed by atoms with Crippen molar-refractivity contribution >= 4 is 11.9 Å². The fourth-order valence-electron chi connectivity index (χ4n) is 1.81. The molecule has 1 aliphatic rings. The molecule has 0 saturated carbocycles. The van der Waals surface area contributed by atoms with Gasteiger partial charge in [-0.05, 0) is 19.3 Å². The molecule has 2 unspecified atom stereocenters. The molecule has 1 fully saturated rings. The van der Waals surface area contributed by atoms with E-state index in [0.717, 1.165) is 12.8 Å². The van der Waals surface area contributed by atoms with E-state index >= 15 is 0 Å². The van der Waals surface area contributed by atoms with Gasteiger partial charge in [0, 0.05) is 19.0 Å². The zero-order valence-corrected chi connectivity index (χ0v) is 8.98. The van der Waals surface area contributed by atoms with Gasteiger partial charge in [0.15, 0.2) is 0 Å². The lowest BCUT2D eigenvalue weighted by Gasteiger charge is -2.22. The van der Waals surface area contributed by atoms with Crippen molar-refractivity contribution in [2.75, 3.05) is 6.54 Å². The van der Waals surface area contributed by atoms with Crippen LogP contribution < -0.4 is 5.73 Å².